The van der Waals surface area contributed by atoms with Gasteiger partial charge in [-0.1, -0.05) is 19.9 Å². The predicted octanol–water partition coefficient (Wildman–Crippen LogP) is 3.83. The number of aromatic nitrogens is 3. The lowest BCUT2D eigenvalue weighted by Gasteiger charge is -2.12. The van der Waals surface area contributed by atoms with Gasteiger partial charge in [-0.3, -0.25) is 4.68 Å². The summed E-state index contributed by atoms with van der Waals surface area (Å²) in [5, 5.41) is 5.93. The number of rotatable bonds is 5. The second-order valence-electron chi connectivity index (χ2n) is 5.52. The fourth-order valence-electron chi connectivity index (χ4n) is 2.84. The first kappa shape index (κ1) is 13.7. The van der Waals surface area contributed by atoms with Crippen LogP contribution in [0.3, 0.4) is 0 Å². The molecule has 0 atom stereocenters. The second-order valence-corrected chi connectivity index (χ2v) is 5.52. The quantitative estimate of drug-likeness (QED) is 0.723. The summed E-state index contributed by atoms with van der Waals surface area (Å²) < 4.78 is 4.29. The van der Waals surface area contributed by atoms with E-state index >= 15 is 0 Å². The number of fused-ring (bicyclic) bond motifs is 1. The Hall–Kier alpha value is -2.23. The maximum absolute atomic E-state index is 5.89. The lowest BCUT2D eigenvalue weighted by molar-refractivity contribution is 0.425. The SMILES string of the molecule is CCC(CC)n1ccc(Cn2ccc3ccc(N)cc32)n1. The van der Waals surface area contributed by atoms with Crippen LogP contribution in [0.2, 0.25) is 0 Å². The summed E-state index contributed by atoms with van der Waals surface area (Å²) in [6.45, 7) is 5.19. The first-order chi connectivity index (χ1) is 10.2. The largest absolute Gasteiger partial charge is 0.399 e. The first-order valence-corrected chi connectivity index (χ1v) is 7.59. The Labute approximate surface area is 125 Å². The van der Waals surface area contributed by atoms with Gasteiger partial charge < -0.3 is 10.3 Å². The van der Waals surface area contributed by atoms with Crippen LogP contribution in [0.25, 0.3) is 10.9 Å². The standard InChI is InChI=1S/C17H22N4/c1-3-16(4-2)21-10-8-15(19-21)12-20-9-7-13-5-6-14(18)11-17(13)20/h5-11,16H,3-4,12,18H2,1-2H3. The molecule has 0 aliphatic carbocycles. The predicted molar refractivity (Wildman–Crippen MR) is 87.3 cm³/mol. The van der Waals surface area contributed by atoms with Crippen LogP contribution in [0, 0.1) is 0 Å². The van der Waals surface area contributed by atoms with E-state index in [0.29, 0.717) is 6.04 Å². The molecule has 0 saturated carbocycles. The number of hydrogen-bond acceptors (Lipinski definition) is 2. The average molecular weight is 282 g/mol. The smallest absolute Gasteiger partial charge is 0.0821 e. The molecule has 0 radical (unpaired) electrons. The monoisotopic (exact) mass is 282 g/mol. The Bertz CT molecular complexity index is 734. The van der Waals surface area contributed by atoms with Crippen LogP contribution in [0.5, 0.6) is 0 Å². The van der Waals surface area contributed by atoms with E-state index in [4.69, 9.17) is 10.8 Å². The maximum Gasteiger partial charge on any atom is 0.0821 e. The highest BCUT2D eigenvalue weighted by Gasteiger charge is 2.09. The summed E-state index contributed by atoms with van der Waals surface area (Å²) in [6.07, 6.45) is 6.41. The molecule has 2 N–H and O–H groups in total. The van der Waals surface area contributed by atoms with Crippen molar-refractivity contribution in [3.63, 3.8) is 0 Å². The van der Waals surface area contributed by atoms with Gasteiger partial charge in [0.2, 0.25) is 0 Å². The van der Waals surface area contributed by atoms with E-state index in [1.807, 2.05) is 12.1 Å². The minimum absolute atomic E-state index is 0.496. The number of nitrogens with zero attached hydrogens (tertiary/aromatic N) is 3. The van der Waals surface area contributed by atoms with E-state index in [-0.39, 0.29) is 0 Å². The fraction of sp³-hybridized carbons (Fsp3) is 0.353. The van der Waals surface area contributed by atoms with Crippen molar-refractivity contribution in [1.29, 1.82) is 0 Å². The van der Waals surface area contributed by atoms with E-state index in [1.54, 1.807) is 0 Å². The minimum Gasteiger partial charge on any atom is -0.399 e. The Morgan fingerprint density at radius 1 is 1.10 bits per heavy atom. The van der Waals surface area contributed by atoms with E-state index in [2.05, 4.69) is 53.7 Å². The molecule has 3 rings (SSSR count). The summed E-state index contributed by atoms with van der Waals surface area (Å²) in [6, 6.07) is 10.7. The summed E-state index contributed by atoms with van der Waals surface area (Å²) in [7, 11) is 0. The topological polar surface area (TPSA) is 48.8 Å². The molecule has 2 aromatic heterocycles. The third-order valence-corrected chi connectivity index (χ3v) is 4.11. The van der Waals surface area contributed by atoms with Crippen LogP contribution in [0.4, 0.5) is 5.69 Å². The van der Waals surface area contributed by atoms with Crippen LogP contribution < -0.4 is 5.73 Å². The van der Waals surface area contributed by atoms with Gasteiger partial charge in [-0.05, 0) is 42.5 Å². The lowest BCUT2D eigenvalue weighted by atomic mass is 10.2. The Kier molecular flexibility index (Phi) is 3.69. The van der Waals surface area contributed by atoms with Gasteiger partial charge in [-0.2, -0.15) is 5.10 Å². The lowest BCUT2D eigenvalue weighted by Crippen LogP contribution is -2.08. The van der Waals surface area contributed by atoms with Crippen molar-refractivity contribution in [2.45, 2.75) is 39.3 Å². The van der Waals surface area contributed by atoms with Crippen LogP contribution in [-0.2, 0) is 6.54 Å². The minimum atomic E-state index is 0.496. The number of benzene rings is 1. The molecule has 21 heavy (non-hydrogen) atoms. The van der Waals surface area contributed by atoms with Crippen LogP contribution in [0.1, 0.15) is 38.4 Å². The highest BCUT2D eigenvalue weighted by Crippen LogP contribution is 2.20. The van der Waals surface area contributed by atoms with E-state index in [0.717, 1.165) is 36.3 Å². The molecular weight excluding hydrogens is 260 g/mol. The van der Waals surface area contributed by atoms with Crippen molar-refractivity contribution < 1.29 is 0 Å². The van der Waals surface area contributed by atoms with Crippen LogP contribution >= 0.6 is 0 Å². The zero-order chi connectivity index (χ0) is 14.8. The van der Waals surface area contributed by atoms with Crippen molar-refractivity contribution in [2.75, 3.05) is 5.73 Å². The highest BCUT2D eigenvalue weighted by molar-refractivity contribution is 5.83. The number of hydrogen-bond donors (Lipinski definition) is 1. The zero-order valence-corrected chi connectivity index (χ0v) is 12.7. The Morgan fingerprint density at radius 2 is 1.90 bits per heavy atom. The molecule has 0 bridgehead atoms. The van der Waals surface area contributed by atoms with E-state index in [1.165, 1.54) is 5.39 Å². The zero-order valence-electron chi connectivity index (χ0n) is 12.7. The number of nitrogen functional groups attached to an aromatic ring is 1. The van der Waals surface area contributed by atoms with Crippen molar-refractivity contribution in [1.82, 2.24) is 14.3 Å². The van der Waals surface area contributed by atoms with E-state index in [9.17, 15) is 0 Å². The summed E-state index contributed by atoms with van der Waals surface area (Å²) in [4.78, 5) is 0. The first-order valence-electron chi connectivity index (χ1n) is 7.59. The molecule has 4 heteroatoms. The van der Waals surface area contributed by atoms with Crippen LogP contribution in [-0.4, -0.2) is 14.3 Å². The highest BCUT2D eigenvalue weighted by atomic mass is 15.3. The van der Waals surface area contributed by atoms with Crippen molar-refractivity contribution in [3.8, 4) is 0 Å². The summed E-state index contributed by atoms with van der Waals surface area (Å²) in [5.41, 5.74) is 8.93. The molecule has 0 saturated heterocycles. The average Bonchev–Trinajstić information content (AvgIpc) is 3.09. The molecule has 3 aromatic rings. The van der Waals surface area contributed by atoms with Gasteiger partial charge in [-0.25, -0.2) is 0 Å². The molecule has 1 aromatic carbocycles. The molecule has 110 valence electrons. The molecule has 2 heterocycles. The van der Waals surface area contributed by atoms with Gasteiger partial charge >= 0.3 is 0 Å². The van der Waals surface area contributed by atoms with Gasteiger partial charge in [0.05, 0.1) is 23.8 Å². The van der Waals surface area contributed by atoms with Gasteiger partial charge in [-0.15, -0.1) is 0 Å². The molecule has 0 amide bonds. The molecule has 0 aliphatic rings. The van der Waals surface area contributed by atoms with Crippen molar-refractivity contribution in [2.24, 2.45) is 0 Å². The Morgan fingerprint density at radius 3 is 2.67 bits per heavy atom. The summed E-state index contributed by atoms with van der Waals surface area (Å²) >= 11 is 0. The molecule has 0 aliphatic heterocycles. The second kappa shape index (κ2) is 5.64. The van der Waals surface area contributed by atoms with Crippen molar-refractivity contribution in [3.05, 3.63) is 48.4 Å². The van der Waals surface area contributed by atoms with Gasteiger partial charge in [0, 0.05) is 18.1 Å². The maximum atomic E-state index is 5.89. The third-order valence-electron chi connectivity index (χ3n) is 4.11. The summed E-state index contributed by atoms with van der Waals surface area (Å²) in [5.74, 6) is 0. The molecular formula is C17H22N4. The van der Waals surface area contributed by atoms with Crippen molar-refractivity contribution >= 4 is 16.6 Å². The molecule has 0 spiro atoms. The number of nitrogens with two attached hydrogens (primary N) is 1. The Balaban J connectivity index is 1.87. The fourth-order valence-corrected chi connectivity index (χ4v) is 2.84. The third kappa shape index (κ3) is 2.66. The van der Waals surface area contributed by atoms with Gasteiger partial charge in [0.15, 0.2) is 0 Å². The normalized spacial score (nSPS) is 11.6. The molecule has 0 fully saturated rings. The molecule has 0 unspecified atom stereocenters. The van der Waals surface area contributed by atoms with Gasteiger partial charge in [0.25, 0.3) is 0 Å². The van der Waals surface area contributed by atoms with Crippen LogP contribution in [0.15, 0.2) is 42.7 Å². The number of anilines is 1. The molecule has 4 nitrogen and oxygen atoms in total. The van der Waals surface area contributed by atoms with Gasteiger partial charge in [0.1, 0.15) is 0 Å². The van der Waals surface area contributed by atoms with E-state index < -0.39 is 0 Å².